The van der Waals surface area contributed by atoms with Crippen molar-refractivity contribution >= 4 is 51.6 Å². The molecule has 2 heterocycles. The lowest BCUT2D eigenvalue weighted by Crippen LogP contribution is -2.50. The summed E-state index contributed by atoms with van der Waals surface area (Å²) >= 11 is 6.96. The van der Waals surface area contributed by atoms with Crippen LogP contribution in [0.15, 0.2) is 24.3 Å². The van der Waals surface area contributed by atoms with E-state index in [4.69, 9.17) is 11.6 Å². The van der Waals surface area contributed by atoms with Crippen molar-refractivity contribution < 1.29 is 14.4 Å². The number of nitrogens with one attached hydrogen (secondary N) is 2. The number of halogens is 1. The molecular weight excluding hydrogens is 402 g/mol. The second-order valence-corrected chi connectivity index (χ2v) is 7.75. The van der Waals surface area contributed by atoms with Crippen LogP contribution in [0.5, 0.6) is 0 Å². The Morgan fingerprint density at radius 3 is 2.25 bits per heavy atom. The van der Waals surface area contributed by atoms with Gasteiger partial charge in [-0.3, -0.25) is 14.9 Å². The third-order valence-electron chi connectivity index (χ3n) is 4.33. The normalized spacial score (nSPS) is 14.0. The van der Waals surface area contributed by atoms with E-state index in [-0.39, 0.29) is 11.8 Å². The molecule has 2 N–H and O–H groups in total. The van der Waals surface area contributed by atoms with Gasteiger partial charge in [-0.2, -0.15) is 0 Å². The monoisotopic (exact) mass is 421 g/mol. The van der Waals surface area contributed by atoms with E-state index >= 15 is 0 Å². The smallest absolute Gasteiger partial charge is 0.325 e. The van der Waals surface area contributed by atoms with Gasteiger partial charge in [0.15, 0.2) is 5.13 Å². The van der Waals surface area contributed by atoms with E-state index in [2.05, 4.69) is 15.6 Å². The summed E-state index contributed by atoms with van der Waals surface area (Å²) in [5.41, 5.74) is 1.15. The number of nitrogens with zero attached hydrogens (tertiary/aromatic N) is 3. The van der Waals surface area contributed by atoms with Gasteiger partial charge in [-0.1, -0.05) is 22.9 Å². The molecule has 148 valence electrons. The number of aromatic nitrogens is 1. The lowest BCUT2D eigenvalue weighted by molar-refractivity contribution is -0.130. The Morgan fingerprint density at radius 2 is 1.64 bits per heavy atom. The molecule has 3 rings (SSSR count). The van der Waals surface area contributed by atoms with Gasteiger partial charge in [0.05, 0.1) is 5.69 Å². The van der Waals surface area contributed by atoms with Gasteiger partial charge in [-0.15, -0.1) is 0 Å². The largest absolute Gasteiger partial charge is 0.339 e. The molecular formula is C18H20ClN5O3S. The molecule has 1 aliphatic rings. The second kappa shape index (κ2) is 8.57. The predicted molar refractivity (Wildman–Crippen MR) is 109 cm³/mol. The van der Waals surface area contributed by atoms with Crippen LogP contribution in [0, 0.1) is 6.92 Å². The van der Waals surface area contributed by atoms with E-state index in [1.165, 1.54) is 6.92 Å². The van der Waals surface area contributed by atoms with Crippen molar-refractivity contribution in [1.29, 1.82) is 0 Å². The molecule has 0 radical (unpaired) electrons. The lowest BCUT2D eigenvalue weighted by atomic mass is 10.2. The van der Waals surface area contributed by atoms with Crippen molar-refractivity contribution in [2.75, 3.05) is 36.8 Å². The molecule has 8 nitrogen and oxygen atoms in total. The van der Waals surface area contributed by atoms with Crippen molar-refractivity contribution in [2.24, 2.45) is 0 Å². The summed E-state index contributed by atoms with van der Waals surface area (Å²) in [6.07, 6.45) is 0. The highest BCUT2D eigenvalue weighted by atomic mass is 35.5. The first-order chi connectivity index (χ1) is 13.3. The van der Waals surface area contributed by atoms with E-state index in [9.17, 15) is 14.4 Å². The number of anilines is 2. The lowest BCUT2D eigenvalue weighted by Gasteiger charge is -2.34. The first kappa shape index (κ1) is 20.1. The number of hydrogen-bond donors (Lipinski definition) is 2. The van der Waals surface area contributed by atoms with Crippen LogP contribution in [0.25, 0.3) is 0 Å². The Kier molecular flexibility index (Phi) is 6.15. The summed E-state index contributed by atoms with van der Waals surface area (Å²) in [7, 11) is 0. The fourth-order valence-electron chi connectivity index (χ4n) is 2.81. The highest BCUT2D eigenvalue weighted by Gasteiger charge is 2.26. The van der Waals surface area contributed by atoms with Gasteiger partial charge in [0.1, 0.15) is 4.88 Å². The number of hydrogen-bond acceptors (Lipinski definition) is 5. The summed E-state index contributed by atoms with van der Waals surface area (Å²) in [6, 6.07) is 6.26. The molecule has 0 spiro atoms. The summed E-state index contributed by atoms with van der Waals surface area (Å²) in [5, 5.41) is 6.25. The maximum absolute atomic E-state index is 12.8. The summed E-state index contributed by atoms with van der Waals surface area (Å²) < 4.78 is 0. The van der Waals surface area contributed by atoms with Gasteiger partial charge in [-0.05, 0) is 31.2 Å². The first-order valence-electron chi connectivity index (χ1n) is 8.69. The molecule has 1 aliphatic heterocycles. The molecule has 28 heavy (non-hydrogen) atoms. The minimum Gasteiger partial charge on any atom is -0.339 e. The Balaban J connectivity index is 1.61. The van der Waals surface area contributed by atoms with E-state index in [0.717, 1.165) is 11.3 Å². The minimum atomic E-state index is -0.454. The van der Waals surface area contributed by atoms with Crippen LogP contribution in [0.4, 0.5) is 15.6 Å². The fourth-order valence-corrected chi connectivity index (χ4v) is 3.86. The molecule has 0 atom stereocenters. The number of urea groups is 1. The van der Waals surface area contributed by atoms with E-state index in [1.54, 1.807) is 41.0 Å². The molecule has 1 aromatic carbocycles. The van der Waals surface area contributed by atoms with Crippen molar-refractivity contribution in [2.45, 2.75) is 13.8 Å². The summed E-state index contributed by atoms with van der Waals surface area (Å²) in [5.74, 6) is -0.122. The number of carbonyl (C=O) groups excluding carboxylic acids is 3. The van der Waals surface area contributed by atoms with Gasteiger partial charge in [0, 0.05) is 43.8 Å². The third-order valence-corrected chi connectivity index (χ3v) is 5.64. The van der Waals surface area contributed by atoms with Crippen LogP contribution in [0.3, 0.4) is 0 Å². The summed E-state index contributed by atoms with van der Waals surface area (Å²) in [4.78, 5) is 44.5. The van der Waals surface area contributed by atoms with Gasteiger partial charge < -0.3 is 15.1 Å². The molecule has 1 saturated heterocycles. The molecule has 2 aromatic rings. The van der Waals surface area contributed by atoms with Crippen LogP contribution in [0.2, 0.25) is 5.02 Å². The van der Waals surface area contributed by atoms with Crippen LogP contribution >= 0.6 is 22.9 Å². The van der Waals surface area contributed by atoms with Crippen LogP contribution in [0.1, 0.15) is 22.3 Å². The number of thiazole rings is 1. The zero-order valence-electron chi connectivity index (χ0n) is 15.5. The maximum atomic E-state index is 12.8. The number of piperazine rings is 1. The molecule has 0 unspecified atom stereocenters. The number of aryl methyl sites for hydroxylation is 1. The zero-order chi connectivity index (χ0) is 20.3. The van der Waals surface area contributed by atoms with Crippen molar-refractivity contribution in [3.63, 3.8) is 0 Å². The van der Waals surface area contributed by atoms with E-state index in [0.29, 0.717) is 52.6 Å². The van der Waals surface area contributed by atoms with Crippen LogP contribution < -0.4 is 10.6 Å². The van der Waals surface area contributed by atoms with Gasteiger partial charge >= 0.3 is 6.03 Å². The first-order valence-corrected chi connectivity index (χ1v) is 9.88. The molecule has 0 saturated carbocycles. The predicted octanol–water partition coefficient (Wildman–Crippen LogP) is 3.05. The number of amides is 4. The van der Waals surface area contributed by atoms with Gasteiger partial charge in [-0.25, -0.2) is 9.78 Å². The minimum absolute atomic E-state index is 0.0132. The van der Waals surface area contributed by atoms with Crippen LogP contribution in [-0.2, 0) is 4.79 Å². The highest BCUT2D eigenvalue weighted by molar-refractivity contribution is 7.17. The Labute approximate surface area is 171 Å². The molecule has 4 amide bonds. The van der Waals surface area contributed by atoms with Gasteiger partial charge in [0.25, 0.3) is 5.91 Å². The summed E-state index contributed by atoms with van der Waals surface area (Å²) in [6.45, 7) is 5.27. The van der Waals surface area contributed by atoms with Crippen molar-refractivity contribution in [3.8, 4) is 0 Å². The third kappa shape index (κ3) is 4.79. The molecule has 1 aromatic heterocycles. The standard InChI is InChI=1S/C18H20ClN5O3S/c1-11-15(16(26)24-9-7-23(8-10-24)12(2)25)28-18(20-11)22-17(27)21-14-5-3-13(19)4-6-14/h3-6H,7-10H2,1-2H3,(H2,20,21,22,27). The maximum Gasteiger partial charge on any atom is 0.325 e. The second-order valence-electron chi connectivity index (χ2n) is 6.32. The SMILES string of the molecule is CC(=O)N1CCN(C(=O)c2sc(NC(=O)Nc3ccc(Cl)cc3)nc2C)CC1. The molecule has 10 heteroatoms. The van der Waals surface area contributed by atoms with Gasteiger partial charge in [0.2, 0.25) is 5.91 Å². The van der Waals surface area contributed by atoms with Crippen LogP contribution in [-0.4, -0.2) is 58.8 Å². The molecule has 0 bridgehead atoms. The average Bonchev–Trinajstić information content (AvgIpc) is 3.03. The Bertz CT molecular complexity index is 891. The average molecular weight is 422 g/mol. The van der Waals surface area contributed by atoms with E-state index in [1.807, 2.05) is 0 Å². The molecule has 0 aliphatic carbocycles. The Hall–Kier alpha value is -2.65. The zero-order valence-corrected chi connectivity index (χ0v) is 17.1. The van der Waals surface area contributed by atoms with E-state index < -0.39 is 6.03 Å². The topological polar surface area (TPSA) is 94.6 Å². The number of carbonyl (C=O) groups is 3. The van der Waals surface area contributed by atoms with Crippen molar-refractivity contribution in [3.05, 3.63) is 39.9 Å². The Morgan fingerprint density at radius 1 is 1.04 bits per heavy atom. The quantitative estimate of drug-likeness (QED) is 0.796. The number of rotatable bonds is 3. The molecule has 1 fully saturated rings. The fraction of sp³-hybridized carbons (Fsp3) is 0.333. The number of benzene rings is 1. The van der Waals surface area contributed by atoms with Crippen molar-refractivity contribution in [1.82, 2.24) is 14.8 Å². The highest BCUT2D eigenvalue weighted by Crippen LogP contribution is 2.25.